The average molecular weight is 411 g/mol. The maximum absolute atomic E-state index is 14.4. The molecule has 156 valence electrons. The maximum atomic E-state index is 14.4. The highest BCUT2D eigenvalue weighted by Crippen LogP contribution is 2.20. The number of benzene rings is 2. The molecule has 0 radical (unpaired) electrons. The third-order valence-electron chi connectivity index (χ3n) is 4.87. The van der Waals surface area contributed by atoms with Crippen molar-refractivity contribution in [3.63, 3.8) is 0 Å². The Morgan fingerprint density at radius 1 is 1.33 bits per heavy atom. The standard InChI is InChI=1S/C22H22FN3O4/c1-4-20-24-19-11-18(23)14(6-8-21(27)25-29)10-17(19)22(28)26(20)12-15-5-7-16(30-3)9-13(15)2/h5-11,29H,4,12H2,1-3H3,(H,25,27)/b8-6+. The number of carbonyl (C=O) groups excluding carboxylic acids is 1. The zero-order valence-electron chi connectivity index (χ0n) is 16.9. The number of carbonyl (C=O) groups is 1. The number of fused-ring (bicyclic) bond motifs is 1. The smallest absolute Gasteiger partial charge is 0.267 e. The van der Waals surface area contributed by atoms with Crippen molar-refractivity contribution < 1.29 is 19.1 Å². The molecule has 0 aliphatic heterocycles. The zero-order chi connectivity index (χ0) is 21.8. The Morgan fingerprint density at radius 2 is 2.10 bits per heavy atom. The molecular weight excluding hydrogens is 389 g/mol. The van der Waals surface area contributed by atoms with Gasteiger partial charge < -0.3 is 4.74 Å². The minimum absolute atomic E-state index is 0.0430. The number of rotatable bonds is 6. The van der Waals surface area contributed by atoms with E-state index in [9.17, 15) is 14.0 Å². The number of aryl methyl sites for hydroxylation is 2. The summed E-state index contributed by atoms with van der Waals surface area (Å²) in [6, 6.07) is 8.16. The number of methoxy groups -OCH3 is 1. The molecule has 7 nitrogen and oxygen atoms in total. The second-order valence-electron chi connectivity index (χ2n) is 6.77. The number of hydrogen-bond donors (Lipinski definition) is 2. The number of nitrogens with zero attached hydrogens (tertiary/aromatic N) is 2. The van der Waals surface area contributed by atoms with Gasteiger partial charge in [-0.1, -0.05) is 13.0 Å². The van der Waals surface area contributed by atoms with E-state index in [0.29, 0.717) is 18.8 Å². The van der Waals surface area contributed by atoms with Crippen LogP contribution in [-0.2, 0) is 17.8 Å². The van der Waals surface area contributed by atoms with Crippen LogP contribution in [0.2, 0.25) is 0 Å². The fraction of sp³-hybridized carbons (Fsp3) is 0.227. The molecule has 0 saturated heterocycles. The molecule has 8 heteroatoms. The molecular formula is C22H22FN3O4. The van der Waals surface area contributed by atoms with Gasteiger partial charge in [-0.3, -0.25) is 19.4 Å². The fourth-order valence-corrected chi connectivity index (χ4v) is 3.21. The van der Waals surface area contributed by atoms with E-state index in [2.05, 4.69) is 4.98 Å². The van der Waals surface area contributed by atoms with Gasteiger partial charge in [0.15, 0.2) is 0 Å². The van der Waals surface area contributed by atoms with Gasteiger partial charge in [-0.05, 0) is 42.3 Å². The second-order valence-corrected chi connectivity index (χ2v) is 6.77. The van der Waals surface area contributed by atoms with Crippen LogP contribution in [0.3, 0.4) is 0 Å². The number of hydrogen-bond acceptors (Lipinski definition) is 5. The van der Waals surface area contributed by atoms with Crippen molar-refractivity contribution >= 4 is 22.9 Å². The molecule has 1 heterocycles. The Hall–Kier alpha value is -3.52. The van der Waals surface area contributed by atoms with E-state index in [-0.39, 0.29) is 22.0 Å². The molecule has 0 spiro atoms. The third-order valence-corrected chi connectivity index (χ3v) is 4.87. The lowest BCUT2D eigenvalue weighted by Crippen LogP contribution is -2.26. The molecule has 1 amide bonds. The molecule has 0 atom stereocenters. The zero-order valence-corrected chi connectivity index (χ0v) is 16.9. The van der Waals surface area contributed by atoms with Crippen LogP contribution in [0.5, 0.6) is 5.75 Å². The molecule has 0 fully saturated rings. The Labute approximate surface area is 172 Å². The SMILES string of the molecule is CCc1nc2cc(F)c(/C=C/C(=O)NO)cc2c(=O)n1Cc1ccc(OC)cc1C. The number of amides is 1. The van der Waals surface area contributed by atoms with Crippen LogP contribution >= 0.6 is 0 Å². The second kappa shape index (κ2) is 8.87. The highest BCUT2D eigenvalue weighted by atomic mass is 19.1. The molecule has 3 rings (SSSR count). The minimum atomic E-state index is -0.804. The first-order chi connectivity index (χ1) is 14.4. The Morgan fingerprint density at radius 3 is 2.73 bits per heavy atom. The van der Waals surface area contributed by atoms with Gasteiger partial charge in [0.05, 0.1) is 24.6 Å². The van der Waals surface area contributed by atoms with Gasteiger partial charge in [0.1, 0.15) is 17.4 Å². The molecule has 0 aliphatic rings. The largest absolute Gasteiger partial charge is 0.497 e. The normalized spacial score (nSPS) is 11.2. The first-order valence-electron chi connectivity index (χ1n) is 9.36. The van der Waals surface area contributed by atoms with E-state index in [1.54, 1.807) is 11.7 Å². The Kier molecular flexibility index (Phi) is 6.27. The summed E-state index contributed by atoms with van der Waals surface area (Å²) >= 11 is 0. The monoisotopic (exact) mass is 411 g/mol. The van der Waals surface area contributed by atoms with Crippen LogP contribution in [0, 0.1) is 12.7 Å². The van der Waals surface area contributed by atoms with E-state index in [1.807, 2.05) is 32.0 Å². The van der Waals surface area contributed by atoms with E-state index in [0.717, 1.165) is 23.0 Å². The van der Waals surface area contributed by atoms with Gasteiger partial charge in [-0.2, -0.15) is 0 Å². The average Bonchev–Trinajstić information content (AvgIpc) is 2.74. The number of hydroxylamine groups is 1. The van der Waals surface area contributed by atoms with Crippen molar-refractivity contribution in [2.24, 2.45) is 0 Å². The molecule has 3 aromatic rings. The van der Waals surface area contributed by atoms with Crippen LogP contribution in [0.4, 0.5) is 4.39 Å². The molecule has 0 unspecified atom stereocenters. The first kappa shape index (κ1) is 21.2. The van der Waals surface area contributed by atoms with Crippen molar-refractivity contribution in [1.82, 2.24) is 15.0 Å². The summed E-state index contributed by atoms with van der Waals surface area (Å²) in [4.78, 5) is 28.9. The molecule has 1 aromatic heterocycles. The van der Waals surface area contributed by atoms with Crippen molar-refractivity contribution in [3.8, 4) is 5.75 Å². The Balaban J connectivity index is 2.13. The van der Waals surface area contributed by atoms with E-state index >= 15 is 0 Å². The number of halogens is 1. The van der Waals surface area contributed by atoms with E-state index < -0.39 is 11.7 Å². The van der Waals surface area contributed by atoms with Gasteiger partial charge >= 0.3 is 0 Å². The van der Waals surface area contributed by atoms with Gasteiger partial charge in [-0.15, -0.1) is 0 Å². The van der Waals surface area contributed by atoms with Crippen molar-refractivity contribution in [2.75, 3.05) is 7.11 Å². The summed E-state index contributed by atoms with van der Waals surface area (Å²) in [5, 5.41) is 8.81. The number of nitrogens with one attached hydrogen (secondary N) is 1. The molecule has 2 N–H and O–H groups in total. The summed E-state index contributed by atoms with van der Waals surface area (Å²) in [6.07, 6.45) is 2.66. The number of ether oxygens (including phenoxy) is 1. The predicted octanol–water partition coefficient (Wildman–Crippen LogP) is 2.98. The minimum Gasteiger partial charge on any atom is -0.497 e. The van der Waals surface area contributed by atoms with Gasteiger partial charge in [0.2, 0.25) is 0 Å². The quantitative estimate of drug-likeness (QED) is 0.370. The van der Waals surface area contributed by atoms with Crippen molar-refractivity contribution in [2.45, 2.75) is 26.8 Å². The lowest BCUT2D eigenvalue weighted by Gasteiger charge is -2.15. The summed E-state index contributed by atoms with van der Waals surface area (Å²) in [5.74, 6) is -0.150. The van der Waals surface area contributed by atoms with Gasteiger partial charge in [0.25, 0.3) is 11.5 Å². The van der Waals surface area contributed by atoms with Crippen molar-refractivity contribution in [3.05, 3.63) is 75.1 Å². The van der Waals surface area contributed by atoms with E-state index in [1.165, 1.54) is 23.7 Å². The fourth-order valence-electron chi connectivity index (χ4n) is 3.21. The van der Waals surface area contributed by atoms with Crippen LogP contribution in [-0.4, -0.2) is 27.8 Å². The molecule has 2 aromatic carbocycles. The predicted molar refractivity (Wildman–Crippen MR) is 111 cm³/mol. The summed E-state index contributed by atoms with van der Waals surface area (Å²) in [6.45, 7) is 4.13. The van der Waals surface area contributed by atoms with Crippen LogP contribution in [0.15, 0.2) is 41.2 Å². The lowest BCUT2D eigenvalue weighted by molar-refractivity contribution is -0.124. The van der Waals surface area contributed by atoms with Crippen LogP contribution < -0.4 is 15.8 Å². The molecule has 0 bridgehead atoms. The number of aromatic nitrogens is 2. The first-order valence-corrected chi connectivity index (χ1v) is 9.36. The molecule has 0 aliphatic carbocycles. The lowest BCUT2D eigenvalue weighted by atomic mass is 10.1. The van der Waals surface area contributed by atoms with Crippen molar-refractivity contribution in [1.29, 1.82) is 0 Å². The summed E-state index contributed by atoms with van der Waals surface area (Å²) in [7, 11) is 1.59. The third kappa shape index (κ3) is 4.23. The topological polar surface area (TPSA) is 93.5 Å². The van der Waals surface area contributed by atoms with Crippen LogP contribution in [0.25, 0.3) is 17.0 Å². The summed E-state index contributed by atoms with van der Waals surface area (Å²) in [5.41, 5.74) is 3.34. The maximum Gasteiger partial charge on any atom is 0.267 e. The van der Waals surface area contributed by atoms with Gasteiger partial charge in [-0.25, -0.2) is 14.9 Å². The summed E-state index contributed by atoms with van der Waals surface area (Å²) < 4.78 is 21.2. The van der Waals surface area contributed by atoms with Gasteiger partial charge in [0, 0.05) is 24.1 Å². The Bertz CT molecular complexity index is 1200. The molecule has 30 heavy (non-hydrogen) atoms. The molecule has 0 saturated carbocycles. The highest BCUT2D eigenvalue weighted by Gasteiger charge is 2.14. The van der Waals surface area contributed by atoms with Crippen LogP contribution in [0.1, 0.15) is 29.4 Å². The van der Waals surface area contributed by atoms with E-state index in [4.69, 9.17) is 9.94 Å². The highest BCUT2D eigenvalue weighted by molar-refractivity contribution is 5.91.